The monoisotopic (exact) mass is 214 g/mol. The number of nitrogens with one attached hydrogen (secondary N) is 1. The molecule has 1 rings (SSSR count). The maximum Gasteiger partial charge on any atom is 0.208 e. The van der Waals surface area contributed by atoms with Crippen molar-refractivity contribution in [3.05, 3.63) is 0 Å². The standard InChI is InChI=1S/C10H22N4O/c1-3-4-6-12-10(13-11)14-7-5-9(8-14)15-2/h9H,3-8,11H2,1-2H3,(H,12,13). The maximum absolute atomic E-state index is 5.46. The quantitative estimate of drug-likeness (QED) is 0.233. The molecule has 1 aliphatic heterocycles. The number of hydrogen-bond donors (Lipinski definition) is 2. The highest BCUT2D eigenvalue weighted by Crippen LogP contribution is 2.11. The van der Waals surface area contributed by atoms with Crippen LogP contribution in [0.4, 0.5) is 0 Å². The summed E-state index contributed by atoms with van der Waals surface area (Å²) in [7, 11) is 1.75. The van der Waals surface area contributed by atoms with Gasteiger partial charge in [-0.05, 0) is 12.8 Å². The highest BCUT2D eigenvalue weighted by atomic mass is 16.5. The van der Waals surface area contributed by atoms with Gasteiger partial charge >= 0.3 is 0 Å². The summed E-state index contributed by atoms with van der Waals surface area (Å²) in [6.07, 6.45) is 3.62. The van der Waals surface area contributed by atoms with E-state index >= 15 is 0 Å². The van der Waals surface area contributed by atoms with Crippen molar-refractivity contribution in [3.63, 3.8) is 0 Å². The number of hydrazine groups is 1. The van der Waals surface area contributed by atoms with Gasteiger partial charge in [0.05, 0.1) is 6.10 Å². The van der Waals surface area contributed by atoms with E-state index in [9.17, 15) is 0 Å². The van der Waals surface area contributed by atoms with Gasteiger partial charge in [0.25, 0.3) is 0 Å². The molecule has 5 nitrogen and oxygen atoms in total. The minimum atomic E-state index is 0.315. The van der Waals surface area contributed by atoms with Crippen LogP contribution in [0.1, 0.15) is 26.2 Å². The number of nitrogens with zero attached hydrogens (tertiary/aromatic N) is 2. The first kappa shape index (κ1) is 12.3. The van der Waals surface area contributed by atoms with Crippen molar-refractivity contribution in [2.75, 3.05) is 26.7 Å². The molecule has 1 heterocycles. The Labute approximate surface area is 91.6 Å². The number of likely N-dealkylation sites (tertiary alicyclic amines) is 1. The number of methoxy groups -OCH3 is 1. The highest BCUT2D eigenvalue weighted by molar-refractivity contribution is 5.79. The van der Waals surface area contributed by atoms with Crippen molar-refractivity contribution in [2.45, 2.75) is 32.3 Å². The Morgan fingerprint density at radius 2 is 2.47 bits per heavy atom. The van der Waals surface area contributed by atoms with Gasteiger partial charge in [-0.2, -0.15) is 0 Å². The molecule has 0 amide bonds. The first-order valence-corrected chi connectivity index (χ1v) is 5.60. The fraction of sp³-hybridized carbons (Fsp3) is 0.900. The van der Waals surface area contributed by atoms with E-state index in [1.54, 1.807) is 7.11 Å². The van der Waals surface area contributed by atoms with Crippen molar-refractivity contribution in [1.29, 1.82) is 0 Å². The molecule has 1 unspecified atom stereocenters. The Morgan fingerprint density at radius 1 is 1.67 bits per heavy atom. The van der Waals surface area contributed by atoms with Crippen LogP contribution in [0.15, 0.2) is 4.99 Å². The van der Waals surface area contributed by atoms with E-state index in [0.29, 0.717) is 6.10 Å². The molecule has 0 bridgehead atoms. The molecule has 0 aliphatic carbocycles. The number of guanidine groups is 1. The van der Waals surface area contributed by atoms with Crippen LogP contribution in [-0.2, 0) is 4.74 Å². The third kappa shape index (κ3) is 3.68. The van der Waals surface area contributed by atoms with Crippen molar-refractivity contribution in [2.24, 2.45) is 10.8 Å². The second-order valence-corrected chi connectivity index (χ2v) is 3.80. The molecular formula is C10H22N4O. The van der Waals surface area contributed by atoms with E-state index < -0.39 is 0 Å². The van der Waals surface area contributed by atoms with E-state index in [1.807, 2.05) is 0 Å². The van der Waals surface area contributed by atoms with Crippen molar-refractivity contribution >= 4 is 5.96 Å². The van der Waals surface area contributed by atoms with Crippen molar-refractivity contribution in [3.8, 4) is 0 Å². The molecule has 0 aromatic rings. The fourth-order valence-corrected chi connectivity index (χ4v) is 1.69. The van der Waals surface area contributed by atoms with E-state index in [2.05, 4.69) is 22.2 Å². The van der Waals surface area contributed by atoms with Crippen molar-refractivity contribution < 1.29 is 4.74 Å². The third-order valence-electron chi connectivity index (χ3n) is 2.68. The lowest BCUT2D eigenvalue weighted by Crippen LogP contribution is -2.44. The molecule has 0 aromatic carbocycles. The molecule has 88 valence electrons. The predicted molar refractivity (Wildman–Crippen MR) is 61.5 cm³/mol. The first-order valence-electron chi connectivity index (χ1n) is 5.60. The van der Waals surface area contributed by atoms with Gasteiger partial charge in [-0.15, -0.1) is 0 Å². The Morgan fingerprint density at radius 3 is 3.00 bits per heavy atom. The minimum absolute atomic E-state index is 0.315. The first-order chi connectivity index (χ1) is 7.31. The third-order valence-corrected chi connectivity index (χ3v) is 2.68. The van der Waals surface area contributed by atoms with Crippen LogP contribution in [0.3, 0.4) is 0 Å². The van der Waals surface area contributed by atoms with E-state index in [-0.39, 0.29) is 0 Å². The van der Waals surface area contributed by atoms with Gasteiger partial charge in [0.15, 0.2) is 0 Å². The van der Waals surface area contributed by atoms with Gasteiger partial charge < -0.3 is 9.64 Å². The fourth-order valence-electron chi connectivity index (χ4n) is 1.69. The number of unbranched alkanes of at least 4 members (excludes halogenated alkanes) is 1. The zero-order chi connectivity index (χ0) is 11.1. The maximum atomic E-state index is 5.46. The Kier molecular flexibility index (Phi) is 5.42. The van der Waals surface area contributed by atoms with Gasteiger partial charge in [-0.25, -0.2) is 5.84 Å². The number of rotatable bonds is 4. The molecule has 0 spiro atoms. The molecule has 1 aliphatic rings. The van der Waals surface area contributed by atoms with Crippen LogP contribution in [0.25, 0.3) is 0 Å². The lowest BCUT2D eigenvalue weighted by atomic mass is 10.3. The lowest BCUT2D eigenvalue weighted by molar-refractivity contribution is 0.114. The normalized spacial score (nSPS) is 22.2. The minimum Gasteiger partial charge on any atom is -0.380 e. The summed E-state index contributed by atoms with van der Waals surface area (Å²) in [5, 5.41) is 0. The Bertz CT molecular complexity index is 208. The van der Waals surface area contributed by atoms with Crippen molar-refractivity contribution in [1.82, 2.24) is 10.3 Å². The molecule has 1 atom stereocenters. The van der Waals surface area contributed by atoms with Gasteiger partial charge in [0.1, 0.15) is 0 Å². The summed E-state index contributed by atoms with van der Waals surface area (Å²) in [5.41, 5.74) is 2.67. The highest BCUT2D eigenvalue weighted by Gasteiger charge is 2.24. The summed E-state index contributed by atoms with van der Waals surface area (Å²) in [4.78, 5) is 6.58. The average Bonchev–Trinajstić information content (AvgIpc) is 2.73. The predicted octanol–water partition coefficient (Wildman–Crippen LogP) is 0.327. The van der Waals surface area contributed by atoms with Crippen LogP contribution in [0, 0.1) is 0 Å². The summed E-state index contributed by atoms with van der Waals surface area (Å²) in [6.45, 7) is 4.84. The number of ether oxygens (including phenoxy) is 1. The molecule has 0 radical (unpaired) electrons. The van der Waals surface area contributed by atoms with Crippen LogP contribution in [0.2, 0.25) is 0 Å². The molecule has 15 heavy (non-hydrogen) atoms. The second kappa shape index (κ2) is 6.63. The molecule has 0 aromatic heterocycles. The van der Waals surface area contributed by atoms with Crippen LogP contribution in [0.5, 0.6) is 0 Å². The van der Waals surface area contributed by atoms with Gasteiger partial charge in [0, 0.05) is 26.7 Å². The van der Waals surface area contributed by atoms with Gasteiger partial charge in [-0.3, -0.25) is 10.4 Å². The number of hydrogen-bond acceptors (Lipinski definition) is 3. The molecule has 5 heteroatoms. The molecule has 1 fully saturated rings. The van der Waals surface area contributed by atoms with Crippen LogP contribution < -0.4 is 11.3 Å². The summed E-state index contributed by atoms with van der Waals surface area (Å²) >= 11 is 0. The zero-order valence-corrected chi connectivity index (χ0v) is 9.70. The Hall–Kier alpha value is -0.810. The largest absolute Gasteiger partial charge is 0.380 e. The summed E-state index contributed by atoms with van der Waals surface area (Å²) < 4.78 is 5.30. The van der Waals surface area contributed by atoms with E-state index in [1.165, 1.54) is 0 Å². The number of nitrogens with two attached hydrogens (primary N) is 1. The van der Waals surface area contributed by atoms with Gasteiger partial charge in [0.2, 0.25) is 5.96 Å². The smallest absolute Gasteiger partial charge is 0.208 e. The number of aliphatic imine (C=N–C) groups is 1. The van der Waals surface area contributed by atoms with Crippen LogP contribution >= 0.6 is 0 Å². The van der Waals surface area contributed by atoms with E-state index in [0.717, 1.165) is 44.9 Å². The molecule has 3 N–H and O–H groups in total. The molecule has 1 saturated heterocycles. The van der Waals surface area contributed by atoms with Crippen LogP contribution in [-0.4, -0.2) is 43.7 Å². The SMILES string of the molecule is CCCCN=C(NN)N1CCC(OC)C1. The average molecular weight is 214 g/mol. The van der Waals surface area contributed by atoms with Gasteiger partial charge in [-0.1, -0.05) is 13.3 Å². The molecular weight excluding hydrogens is 192 g/mol. The zero-order valence-electron chi connectivity index (χ0n) is 9.70. The van der Waals surface area contributed by atoms with E-state index in [4.69, 9.17) is 10.6 Å². The summed E-state index contributed by atoms with van der Waals surface area (Å²) in [5.74, 6) is 6.25. The topological polar surface area (TPSA) is 62.9 Å². The summed E-state index contributed by atoms with van der Waals surface area (Å²) in [6, 6.07) is 0. The lowest BCUT2D eigenvalue weighted by Gasteiger charge is -2.19. The molecule has 0 saturated carbocycles. The Balaban J connectivity index is 2.41. The second-order valence-electron chi connectivity index (χ2n) is 3.80.